The van der Waals surface area contributed by atoms with Crippen LogP contribution in [0, 0.1) is 5.92 Å². The molecule has 1 atom stereocenters. The Morgan fingerprint density at radius 3 is 2.45 bits per heavy atom. The lowest BCUT2D eigenvalue weighted by Crippen LogP contribution is -2.56. The molecule has 20 heavy (non-hydrogen) atoms. The van der Waals surface area contributed by atoms with Gasteiger partial charge in [0.25, 0.3) is 0 Å². The topological polar surface area (TPSA) is 61.4 Å². The van der Waals surface area contributed by atoms with Crippen LogP contribution in [0.1, 0.15) is 39.0 Å². The zero-order chi connectivity index (χ0) is 13.9. The molecular formula is C14H26ClN3O2. The van der Waals surface area contributed by atoms with E-state index in [1.54, 1.807) is 7.05 Å². The summed E-state index contributed by atoms with van der Waals surface area (Å²) in [4.78, 5) is 26.2. The van der Waals surface area contributed by atoms with Crippen LogP contribution in [0.5, 0.6) is 0 Å². The Hall–Kier alpha value is -0.810. The zero-order valence-corrected chi connectivity index (χ0v) is 13.2. The van der Waals surface area contributed by atoms with Crippen LogP contribution >= 0.6 is 12.4 Å². The van der Waals surface area contributed by atoms with Crippen molar-refractivity contribution in [2.75, 3.05) is 26.7 Å². The summed E-state index contributed by atoms with van der Waals surface area (Å²) in [5.41, 5.74) is -0.333. The smallest absolute Gasteiger partial charge is 0.242 e. The van der Waals surface area contributed by atoms with E-state index in [9.17, 15) is 9.59 Å². The predicted molar refractivity (Wildman–Crippen MR) is 80.9 cm³/mol. The lowest BCUT2D eigenvalue weighted by atomic mass is 9.89. The van der Waals surface area contributed by atoms with Crippen LogP contribution in [0.25, 0.3) is 0 Å². The van der Waals surface area contributed by atoms with Crippen molar-refractivity contribution in [3.8, 4) is 0 Å². The Morgan fingerprint density at radius 1 is 1.35 bits per heavy atom. The number of likely N-dealkylation sites (tertiary alicyclic amines) is 1. The SMILES string of the molecule is CCC1(C(=O)N2CCC(C(=O)NC)CC2)CCCN1.Cl. The molecule has 0 aliphatic carbocycles. The molecule has 0 bridgehead atoms. The summed E-state index contributed by atoms with van der Waals surface area (Å²) < 4.78 is 0. The van der Waals surface area contributed by atoms with Gasteiger partial charge in [0.1, 0.15) is 0 Å². The molecule has 5 nitrogen and oxygen atoms in total. The summed E-state index contributed by atoms with van der Waals surface area (Å²) in [6, 6.07) is 0. The van der Waals surface area contributed by atoms with E-state index in [0.717, 1.165) is 38.6 Å². The molecule has 2 fully saturated rings. The van der Waals surface area contributed by atoms with Crippen molar-refractivity contribution in [1.82, 2.24) is 15.5 Å². The maximum absolute atomic E-state index is 12.7. The van der Waals surface area contributed by atoms with Crippen LogP contribution in [0.15, 0.2) is 0 Å². The zero-order valence-electron chi connectivity index (χ0n) is 12.4. The molecule has 2 amide bonds. The molecular weight excluding hydrogens is 278 g/mol. The minimum Gasteiger partial charge on any atom is -0.359 e. The second kappa shape index (κ2) is 7.27. The number of rotatable bonds is 3. The first kappa shape index (κ1) is 17.2. The molecule has 0 radical (unpaired) electrons. The maximum atomic E-state index is 12.7. The quantitative estimate of drug-likeness (QED) is 0.815. The fraction of sp³-hybridized carbons (Fsp3) is 0.857. The number of hydrogen-bond donors (Lipinski definition) is 2. The summed E-state index contributed by atoms with van der Waals surface area (Å²) >= 11 is 0. The normalized spacial score (nSPS) is 27.0. The summed E-state index contributed by atoms with van der Waals surface area (Å²) in [7, 11) is 1.67. The number of nitrogens with one attached hydrogen (secondary N) is 2. The summed E-state index contributed by atoms with van der Waals surface area (Å²) in [6.45, 7) is 4.43. The second-order valence-electron chi connectivity index (χ2n) is 5.65. The van der Waals surface area contributed by atoms with E-state index < -0.39 is 0 Å². The van der Waals surface area contributed by atoms with Crippen molar-refractivity contribution >= 4 is 24.2 Å². The molecule has 0 spiro atoms. The van der Waals surface area contributed by atoms with E-state index in [1.165, 1.54) is 0 Å². The first-order valence-electron chi connectivity index (χ1n) is 7.39. The van der Waals surface area contributed by atoms with E-state index in [1.807, 2.05) is 4.90 Å². The van der Waals surface area contributed by atoms with Crippen LogP contribution in [-0.4, -0.2) is 48.9 Å². The molecule has 2 aliphatic heterocycles. The van der Waals surface area contributed by atoms with Crippen LogP contribution < -0.4 is 10.6 Å². The molecule has 1 unspecified atom stereocenters. The molecule has 0 saturated carbocycles. The summed E-state index contributed by atoms with van der Waals surface area (Å²) in [6.07, 6.45) is 4.43. The van der Waals surface area contributed by atoms with Gasteiger partial charge in [0.2, 0.25) is 11.8 Å². The summed E-state index contributed by atoms with van der Waals surface area (Å²) in [5.74, 6) is 0.419. The highest BCUT2D eigenvalue weighted by molar-refractivity contribution is 5.87. The number of carbonyl (C=O) groups is 2. The molecule has 2 heterocycles. The van der Waals surface area contributed by atoms with E-state index in [0.29, 0.717) is 13.1 Å². The molecule has 0 aromatic carbocycles. The van der Waals surface area contributed by atoms with Crippen LogP contribution in [0.3, 0.4) is 0 Å². The maximum Gasteiger partial charge on any atom is 0.242 e. The van der Waals surface area contributed by atoms with Gasteiger partial charge < -0.3 is 15.5 Å². The first-order valence-corrected chi connectivity index (χ1v) is 7.39. The Bertz CT molecular complexity index is 348. The molecule has 0 aromatic rings. The number of hydrogen-bond acceptors (Lipinski definition) is 3. The Morgan fingerprint density at radius 2 is 2.00 bits per heavy atom. The number of amides is 2. The number of halogens is 1. The second-order valence-corrected chi connectivity index (χ2v) is 5.65. The number of carbonyl (C=O) groups excluding carboxylic acids is 2. The Kier molecular flexibility index (Phi) is 6.27. The van der Waals surface area contributed by atoms with Gasteiger partial charge in [-0.3, -0.25) is 9.59 Å². The fourth-order valence-electron chi connectivity index (χ4n) is 3.29. The van der Waals surface area contributed by atoms with Gasteiger partial charge in [-0.15, -0.1) is 12.4 Å². The van der Waals surface area contributed by atoms with Crippen molar-refractivity contribution in [2.24, 2.45) is 5.92 Å². The highest BCUT2D eigenvalue weighted by Gasteiger charge is 2.42. The third-order valence-corrected chi connectivity index (χ3v) is 4.66. The van der Waals surface area contributed by atoms with E-state index >= 15 is 0 Å². The highest BCUT2D eigenvalue weighted by atomic mass is 35.5. The molecule has 0 aromatic heterocycles. The minimum absolute atomic E-state index is 0. The molecule has 116 valence electrons. The third kappa shape index (κ3) is 3.26. The van der Waals surface area contributed by atoms with E-state index in [4.69, 9.17) is 0 Å². The standard InChI is InChI=1S/C14H25N3O2.ClH/c1-3-14(7-4-8-16-14)13(19)17-9-5-11(6-10-17)12(18)15-2;/h11,16H,3-10H2,1-2H3,(H,15,18);1H. The molecule has 2 aliphatic rings. The lowest BCUT2D eigenvalue weighted by molar-refractivity contribution is -0.141. The lowest BCUT2D eigenvalue weighted by Gasteiger charge is -2.37. The molecule has 6 heteroatoms. The van der Waals surface area contributed by atoms with Gasteiger partial charge in [-0.25, -0.2) is 0 Å². The molecule has 2 saturated heterocycles. The van der Waals surface area contributed by atoms with Crippen molar-refractivity contribution in [3.05, 3.63) is 0 Å². The molecule has 2 rings (SSSR count). The van der Waals surface area contributed by atoms with Gasteiger partial charge in [0, 0.05) is 26.1 Å². The van der Waals surface area contributed by atoms with E-state index in [2.05, 4.69) is 17.6 Å². The largest absolute Gasteiger partial charge is 0.359 e. The summed E-state index contributed by atoms with van der Waals surface area (Å²) in [5, 5.41) is 6.09. The van der Waals surface area contributed by atoms with Crippen molar-refractivity contribution in [3.63, 3.8) is 0 Å². The number of nitrogens with zero attached hydrogens (tertiary/aromatic N) is 1. The van der Waals surface area contributed by atoms with Gasteiger partial charge in [-0.2, -0.15) is 0 Å². The average Bonchev–Trinajstić information content (AvgIpc) is 2.96. The minimum atomic E-state index is -0.333. The van der Waals surface area contributed by atoms with Gasteiger partial charge in [-0.05, 0) is 38.6 Å². The van der Waals surface area contributed by atoms with Crippen molar-refractivity contribution in [2.45, 2.75) is 44.6 Å². The van der Waals surface area contributed by atoms with Gasteiger partial charge >= 0.3 is 0 Å². The number of piperidine rings is 1. The van der Waals surface area contributed by atoms with Crippen LogP contribution in [0.2, 0.25) is 0 Å². The monoisotopic (exact) mass is 303 g/mol. The fourth-order valence-corrected chi connectivity index (χ4v) is 3.29. The Balaban J connectivity index is 0.00000200. The predicted octanol–water partition coefficient (Wildman–Crippen LogP) is 0.925. The highest BCUT2D eigenvalue weighted by Crippen LogP contribution is 2.28. The van der Waals surface area contributed by atoms with Crippen molar-refractivity contribution < 1.29 is 9.59 Å². The average molecular weight is 304 g/mol. The first-order chi connectivity index (χ1) is 9.13. The van der Waals surface area contributed by atoms with Crippen LogP contribution in [-0.2, 0) is 9.59 Å². The van der Waals surface area contributed by atoms with Gasteiger partial charge in [0.05, 0.1) is 5.54 Å². The third-order valence-electron chi connectivity index (χ3n) is 4.66. The molecule has 2 N–H and O–H groups in total. The Labute approximate surface area is 127 Å². The van der Waals surface area contributed by atoms with Crippen molar-refractivity contribution in [1.29, 1.82) is 0 Å². The van der Waals surface area contributed by atoms with Crippen LogP contribution in [0.4, 0.5) is 0 Å². The van der Waals surface area contributed by atoms with Gasteiger partial charge in [-0.1, -0.05) is 6.92 Å². The van der Waals surface area contributed by atoms with Gasteiger partial charge in [0.15, 0.2) is 0 Å². The van der Waals surface area contributed by atoms with E-state index in [-0.39, 0.29) is 35.7 Å².